The van der Waals surface area contributed by atoms with Gasteiger partial charge in [-0.1, -0.05) is 24.3 Å². The Morgan fingerprint density at radius 1 is 1.13 bits per heavy atom. The molecule has 2 atom stereocenters. The van der Waals surface area contributed by atoms with Gasteiger partial charge in [0.25, 0.3) is 6.01 Å². The molecule has 9 heteroatoms. The summed E-state index contributed by atoms with van der Waals surface area (Å²) in [5.41, 5.74) is 4.32. The summed E-state index contributed by atoms with van der Waals surface area (Å²) in [7, 11) is 1.63. The fraction of sp³-hybridized carbons (Fsp3) is 0.276. The summed E-state index contributed by atoms with van der Waals surface area (Å²) in [6, 6.07) is 19.8. The Bertz CT molecular complexity index is 1450. The van der Waals surface area contributed by atoms with Crippen LogP contribution in [-0.2, 0) is 16.0 Å². The van der Waals surface area contributed by atoms with Gasteiger partial charge in [-0.25, -0.2) is 4.79 Å². The number of rotatable bonds is 9. The molecule has 1 saturated heterocycles. The summed E-state index contributed by atoms with van der Waals surface area (Å²) in [6.07, 6.45) is 0.768. The second kappa shape index (κ2) is 10.9. The topological polar surface area (TPSA) is 114 Å². The van der Waals surface area contributed by atoms with Gasteiger partial charge < -0.3 is 29.2 Å². The number of oxazole rings is 1. The highest BCUT2D eigenvalue weighted by molar-refractivity contribution is 5.87. The normalized spacial score (nSPS) is 17.1. The van der Waals surface area contributed by atoms with Gasteiger partial charge in [0, 0.05) is 19.3 Å². The van der Waals surface area contributed by atoms with E-state index in [2.05, 4.69) is 10.3 Å². The number of nitrogens with zero attached hydrogens (tertiary/aromatic N) is 2. The first-order valence-electron chi connectivity index (χ1n) is 12.4. The highest BCUT2D eigenvalue weighted by Gasteiger charge is 2.37. The molecule has 1 aliphatic heterocycles. The van der Waals surface area contributed by atoms with E-state index in [-0.39, 0.29) is 36.6 Å². The first-order valence-corrected chi connectivity index (χ1v) is 12.4. The van der Waals surface area contributed by atoms with Crippen molar-refractivity contribution in [2.24, 2.45) is 0 Å². The summed E-state index contributed by atoms with van der Waals surface area (Å²) < 4.78 is 17.5. The number of carbonyl (C=O) groups is 2. The maximum Gasteiger partial charge on any atom is 0.335 e. The van der Waals surface area contributed by atoms with Crippen LogP contribution < -0.4 is 10.1 Å². The minimum Gasteiger partial charge on any atom is -0.491 e. The van der Waals surface area contributed by atoms with Gasteiger partial charge in [0.15, 0.2) is 5.58 Å². The van der Waals surface area contributed by atoms with E-state index >= 15 is 0 Å². The number of aromatic nitrogens is 1. The number of aryl methyl sites for hydroxylation is 1. The number of amides is 1. The smallest absolute Gasteiger partial charge is 0.335 e. The number of ether oxygens (including phenoxy) is 2. The predicted molar refractivity (Wildman–Crippen MR) is 142 cm³/mol. The summed E-state index contributed by atoms with van der Waals surface area (Å²) in [6.45, 7) is 2.82. The third kappa shape index (κ3) is 5.47. The first-order chi connectivity index (χ1) is 18.4. The molecule has 1 amide bonds. The number of nitrogens with one attached hydrogen (secondary N) is 1. The summed E-state index contributed by atoms with van der Waals surface area (Å²) in [5, 5.41) is 12.3. The fourth-order valence-corrected chi connectivity index (χ4v) is 4.72. The molecule has 9 nitrogen and oxygen atoms in total. The van der Waals surface area contributed by atoms with Crippen molar-refractivity contribution in [2.75, 3.05) is 25.6 Å². The number of carboxylic acid groups (broad SMARTS) is 1. The SMILES string of the molecule is CO[C@H]1CCN(C(=O)Cc2ccc3nc(Nc4ccccc4C)oc3c2)[C@@H]1COc1ccc(C(=O)O)cc1. The summed E-state index contributed by atoms with van der Waals surface area (Å²) >= 11 is 0. The van der Waals surface area contributed by atoms with E-state index < -0.39 is 5.97 Å². The molecule has 4 aromatic rings. The lowest BCUT2D eigenvalue weighted by Gasteiger charge is -2.27. The number of likely N-dealkylation sites (tertiary alicyclic amines) is 1. The van der Waals surface area contributed by atoms with Crippen LogP contribution in [-0.4, -0.2) is 59.3 Å². The van der Waals surface area contributed by atoms with Crippen LogP contribution in [0.15, 0.2) is 71.1 Å². The molecular formula is C29H29N3O6. The molecule has 0 bridgehead atoms. The zero-order valence-corrected chi connectivity index (χ0v) is 21.2. The Morgan fingerprint density at radius 3 is 2.66 bits per heavy atom. The highest BCUT2D eigenvalue weighted by Crippen LogP contribution is 2.27. The van der Waals surface area contributed by atoms with Crippen LogP contribution in [0.1, 0.15) is 27.9 Å². The predicted octanol–water partition coefficient (Wildman–Crippen LogP) is 4.82. The molecule has 1 aliphatic rings. The molecule has 1 fully saturated rings. The number of fused-ring (bicyclic) bond motifs is 1. The number of benzene rings is 3. The third-order valence-electron chi connectivity index (χ3n) is 6.82. The average Bonchev–Trinajstić information content (AvgIpc) is 3.52. The number of carboxylic acids is 1. The van der Waals surface area contributed by atoms with E-state index in [0.29, 0.717) is 35.8 Å². The molecule has 2 N–H and O–H groups in total. The Kier molecular flexibility index (Phi) is 7.28. The molecule has 3 aromatic carbocycles. The maximum atomic E-state index is 13.3. The number of anilines is 2. The van der Waals surface area contributed by atoms with Crippen LogP contribution in [0, 0.1) is 6.92 Å². The molecule has 0 unspecified atom stereocenters. The Balaban J connectivity index is 1.25. The quantitative estimate of drug-likeness (QED) is 0.326. The molecule has 196 valence electrons. The van der Waals surface area contributed by atoms with E-state index in [1.807, 2.05) is 49.4 Å². The number of methoxy groups -OCH3 is 1. The van der Waals surface area contributed by atoms with Crippen LogP contribution in [0.25, 0.3) is 11.1 Å². The summed E-state index contributed by atoms with van der Waals surface area (Å²) in [5.74, 6) is -0.489. The number of hydrogen-bond donors (Lipinski definition) is 2. The minimum absolute atomic E-state index is 0.0310. The van der Waals surface area contributed by atoms with Crippen molar-refractivity contribution < 1.29 is 28.6 Å². The zero-order valence-electron chi connectivity index (χ0n) is 21.2. The van der Waals surface area contributed by atoms with Crippen molar-refractivity contribution in [1.29, 1.82) is 0 Å². The Labute approximate surface area is 220 Å². The Hall–Kier alpha value is -4.37. The van der Waals surface area contributed by atoms with Crippen molar-refractivity contribution in [3.8, 4) is 5.75 Å². The van der Waals surface area contributed by atoms with E-state index in [4.69, 9.17) is 19.0 Å². The fourth-order valence-electron chi connectivity index (χ4n) is 4.72. The van der Waals surface area contributed by atoms with E-state index in [0.717, 1.165) is 16.8 Å². The highest BCUT2D eigenvalue weighted by atomic mass is 16.5. The lowest BCUT2D eigenvalue weighted by Crippen LogP contribution is -2.44. The third-order valence-corrected chi connectivity index (χ3v) is 6.82. The zero-order chi connectivity index (χ0) is 26.6. The lowest BCUT2D eigenvalue weighted by atomic mass is 10.1. The Morgan fingerprint density at radius 2 is 1.92 bits per heavy atom. The van der Waals surface area contributed by atoms with Crippen molar-refractivity contribution in [3.63, 3.8) is 0 Å². The summed E-state index contributed by atoms with van der Waals surface area (Å²) in [4.78, 5) is 30.7. The van der Waals surface area contributed by atoms with Crippen molar-refractivity contribution in [3.05, 3.63) is 83.4 Å². The number of hydrogen-bond acceptors (Lipinski definition) is 7. The molecule has 0 radical (unpaired) electrons. The molecule has 1 aromatic heterocycles. The molecule has 5 rings (SSSR count). The van der Waals surface area contributed by atoms with Crippen molar-refractivity contribution in [1.82, 2.24) is 9.88 Å². The van der Waals surface area contributed by atoms with Gasteiger partial charge in [0.05, 0.1) is 24.1 Å². The van der Waals surface area contributed by atoms with E-state index in [1.165, 1.54) is 12.1 Å². The second-order valence-electron chi connectivity index (χ2n) is 9.30. The first kappa shape index (κ1) is 25.3. The van der Waals surface area contributed by atoms with Gasteiger partial charge in [-0.3, -0.25) is 4.79 Å². The van der Waals surface area contributed by atoms with Crippen LogP contribution in [0.5, 0.6) is 5.75 Å². The standard InChI is InChI=1S/C29H29N3O6/c1-18-5-3-4-6-22(18)30-29-31-23-12-7-19(15-26(23)38-29)16-27(33)32-14-13-25(36-2)24(32)17-37-21-10-8-20(9-11-21)28(34)35/h3-12,15,24-25H,13-14,16-17H2,1-2H3,(H,30,31)(H,34,35)/t24-,25+/m1/s1. The van der Waals surface area contributed by atoms with Crippen molar-refractivity contribution >= 4 is 34.7 Å². The monoisotopic (exact) mass is 515 g/mol. The van der Waals surface area contributed by atoms with Gasteiger partial charge >= 0.3 is 5.97 Å². The second-order valence-corrected chi connectivity index (χ2v) is 9.30. The minimum atomic E-state index is -0.995. The molecule has 38 heavy (non-hydrogen) atoms. The van der Waals surface area contributed by atoms with Gasteiger partial charge in [-0.2, -0.15) is 4.98 Å². The molecule has 0 saturated carbocycles. The van der Waals surface area contributed by atoms with E-state index in [1.54, 1.807) is 24.1 Å². The number of carbonyl (C=O) groups excluding carboxylic acids is 1. The molecular weight excluding hydrogens is 486 g/mol. The number of para-hydroxylation sites is 1. The largest absolute Gasteiger partial charge is 0.491 e. The van der Waals surface area contributed by atoms with Crippen LogP contribution in [0.2, 0.25) is 0 Å². The van der Waals surface area contributed by atoms with E-state index in [9.17, 15) is 9.59 Å². The maximum absolute atomic E-state index is 13.3. The van der Waals surface area contributed by atoms with Gasteiger partial charge in [0.1, 0.15) is 17.9 Å². The van der Waals surface area contributed by atoms with Gasteiger partial charge in [-0.05, 0) is 66.9 Å². The van der Waals surface area contributed by atoms with Gasteiger partial charge in [0.2, 0.25) is 5.91 Å². The number of aromatic carboxylic acids is 1. The van der Waals surface area contributed by atoms with Crippen LogP contribution in [0.4, 0.5) is 11.7 Å². The molecule has 2 heterocycles. The lowest BCUT2D eigenvalue weighted by molar-refractivity contribution is -0.133. The molecule has 0 spiro atoms. The van der Waals surface area contributed by atoms with Gasteiger partial charge in [-0.15, -0.1) is 0 Å². The van der Waals surface area contributed by atoms with Crippen molar-refractivity contribution in [2.45, 2.75) is 31.9 Å². The average molecular weight is 516 g/mol. The van der Waals surface area contributed by atoms with Crippen LogP contribution >= 0.6 is 0 Å². The van der Waals surface area contributed by atoms with Crippen LogP contribution in [0.3, 0.4) is 0 Å². The molecule has 0 aliphatic carbocycles.